The summed E-state index contributed by atoms with van der Waals surface area (Å²) in [6, 6.07) is 0. The maximum atomic E-state index is 13.7. The lowest BCUT2D eigenvalue weighted by Crippen LogP contribution is -2.52. The lowest BCUT2D eigenvalue weighted by Gasteiger charge is -2.51. The van der Waals surface area contributed by atoms with Crippen molar-refractivity contribution in [2.75, 3.05) is 6.61 Å². The van der Waals surface area contributed by atoms with E-state index in [9.17, 15) is 36.6 Å². The first-order chi connectivity index (χ1) is 15.8. The largest absolute Gasteiger partial charge is 0.465 e. The van der Waals surface area contributed by atoms with Gasteiger partial charge in [-0.3, -0.25) is 9.35 Å². The quantitative estimate of drug-likeness (QED) is 0.367. The molecule has 0 spiro atoms. The molecule has 0 saturated heterocycles. The minimum Gasteiger partial charge on any atom is -0.465 e. The topological polar surface area (TPSA) is 121 Å². The van der Waals surface area contributed by atoms with Gasteiger partial charge in [-0.1, -0.05) is 12.8 Å². The van der Waals surface area contributed by atoms with Crippen LogP contribution in [0.5, 0.6) is 0 Å². The summed E-state index contributed by atoms with van der Waals surface area (Å²) in [5, 5.41) is 17.9. The molecule has 0 aromatic carbocycles. The van der Waals surface area contributed by atoms with Gasteiger partial charge in [-0.05, 0) is 81.5 Å². The summed E-state index contributed by atoms with van der Waals surface area (Å²) in [5.41, 5.74) is -1.64. The molecule has 8 atom stereocenters. The minimum absolute atomic E-state index is 0.0296. The molecule has 0 aliphatic heterocycles. The van der Waals surface area contributed by atoms with E-state index in [0.29, 0.717) is 38.5 Å². The Hall–Kier alpha value is -0.910. The Morgan fingerprint density at radius 1 is 0.971 bits per heavy atom. The molecular weight excluding hydrogens is 477 g/mol. The van der Waals surface area contributed by atoms with Gasteiger partial charge >= 0.3 is 21.3 Å². The predicted molar refractivity (Wildman–Crippen MR) is 115 cm³/mol. The fourth-order valence-corrected chi connectivity index (χ4v) is 8.00. The van der Waals surface area contributed by atoms with Crippen LogP contribution < -0.4 is 0 Å². The Labute approximate surface area is 198 Å². The predicted octanol–water partition coefficient (Wildman–Crippen LogP) is 3.63. The number of hydrogen-bond donors (Lipinski definition) is 3. The Kier molecular flexibility index (Phi) is 7.07. The first-order valence-corrected chi connectivity index (χ1v) is 13.8. The number of carbonyl (C=O) groups is 1. The third-order valence-corrected chi connectivity index (χ3v) is 10.2. The summed E-state index contributed by atoms with van der Waals surface area (Å²) >= 11 is 0. The highest BCUT2D eigenvalue weighted by Gasteiger charge is 2.58. The van der Waals surface area contributed by atoms with Gasteiger partial charge in [0.2, 0.25) is 0 Å². The zero-order chi connectivity index (χ0) is 24.9. The maximum absolute atomic E-state index is 13.7. The van der Waals surface area contributed by atoms with Gasteiger partial charge in [-0.15, -0.1) is 0 Å². The van der Waals surface area contributed by atoms with Crippen LogP contribution in [0.15, 0.2) is 0 Å². The van der Waals surface area contributed by atoms with E-state index in [4.69, 9.17) is 9.29 Å². The van der Waals surface area contributed by atoms with Gasteiger partial charge in [0.05, 0.1) is 23.7 Å². The molecule has 4 aliphatic carbocycles. The van der Waals surface area contributed by atoms with Crippen LogP contribution in [0.3, 0.4) is 0 Å². The average molecular weight is 513 g/mol. The second-order valence-corrected chi connectivity index (χ2v) is 12.5. The second-order valence-electron chi connectivity index (χ2n) is 11.0. The van der Waals surface area contributed by atoms with Crippen molar-refractivity contribution in [2.24, 2.45) is 29.6 Å². The molecule has 34 heavy (non-hydrogen) atoms. The number of rotatable bonds is 6. The van der Waals surface area contributed by atoms with Crippen molar-refractivity contribution in [2.45, 2.75) is 99.7 Å². The number of halogens is 3. The van der Waals surface area contributed by atoms with Crippen molar-refractivity contribution < 1.29 is 45.9 Å². The van der Waals surface area contributed by atoms with Crippen LogP contribution in [-0.2, 0) is 19.6 Å². The van der Waals surface area contributed by atoms with Crippen LogP contribution in [0, 0.1) is 29.6 Å². The first-order valence-electron chi connectivity index (χ1n) is 12.4. The van der Waals surface area contributed by atoms with Gasteiger partial charge in [-0.2, -0.15) is 17.2 Å². The molecule has 0 aromatic heterocycles. The molecular formula is C23H35F3O7S. The smallest absolute Gasteiger partial charge is 0.400 e. The summed E-state index contributed by atoms with van der Waals surface area (Å²) in [4.78, 5) is 12.7. The number of hydrogen-bond acceptors (Lipinski definition) is 6. The number of fused-ring (bicyclic) bond motifs is 5. The van der Waals surface area contributed by atoms with Crippen LogP contribution in [0.4, 0.5) is 13.2 Å². The van der Waals surface area contributed by atoms with E-state index in [0.717, 1.165) is 32.1 Å². The molecule has 4 fully saturated rings. The summed E-state index contributed by atoms with van der Waals surface area (Å²) in [7, 11) is -5.91. The van der Waals surface area contributed by atoms with E-state index in [1.165, 1.54) is 0 Å². The minimum atomic E-state index is -5.91. The third kappa shape index (κ3) is 4.62. The van der Waals surface area contributed by atoms with Gasteiger partial charge in [0.1, 0.15) is 0 Å². The van der Waals surface area contributed by atoms with Crippen molar-refractivity contribution in [3.05, 3.63) is 0 Å². The van der Waals surface area contributed by atoms with Crippen LogP contribution in [0.25, 0.3) is 0 Å². The first kappa shape index (κ1) is 26.2. The van der Waals surface area contributed by atoms with Crippen LogP contribution in [0.1, 0.15) is 77.0 Å². The van der Waals surface area contributed by atoms with Gasteiger partial charge in [-0.25, -0.2) is 4.39 Å². The Balaban J connectivity index is 1.42. The van der Waals surface area contributed by atoms with Crippen LogP contribution >= 0.6 is 0 Å². The number of esters is 1. The highest BCUT2D eigenvalue weighted by Crippen LogP contribution is 2.59. The summed E-state index contributed by atoms with van der Waals surface area (Å²) in [6.45, 7) is -0.731. The normalized spacial score (nSPS) is 41.5. The molecule has 4 rings (SSSR count). The molecule has 11 heteroatoms. The standard InChI is InChI=1S/C23H35F3O7S/c24-19(23(25,26)34(30,31)32)7-12-33-20(27)14-5-6-15-16(13-14)18-4-2-9-22(18,29)11-10-21(28)8-1-3-17(15)21/h14-19,28-29H,1-13H2,(H,30,31,32). The van der Waals surface area contributed by atoms with Crippen LogP contribution in [0.2, 0.25) is 0 Å². The van der Waals surface area contributed by atoms with E-state index in [1.807, 2.05) is 0 Å². The van der Waals surface area contributed by atoms with E-state index in [1.54, 1.807) is 0 Å². The average Bonchev–Trinajstić information content (AvgIpc) is 3.33. The molecule has 196 valence electrons. The van der Waals surface area contributed by atoms with Crippen LogP contribution in [-0.4, -0.2) is 58.4 Å². The number of carbonyl (C=O) groups excluding carboxylic acids is 1. The van der Waals surface area contributed by atoms with Gasteiger partial charge < -0.3 is 14.9 Å². The molecule has 0 heterocycles. The second kappa shape index (κ2) is 9.19. The highest BCUT2D eigenvalue weighted by molar-refractivity contribution is 7.86. The molecule has 4 aliphatic rings. The maximum Gasteiger partial charge on any atom is 0.400 e. The van der Waals surface area contributed by atoms with E-state index in [2.05, 4.69) is 0 Å². The van der Waals surface area contributed by atoms with Crippen molar-refractivity contribution in [3.63, 3.8) is 0 Å². The number of alkyl halides is 3. The summed E-state index contributed by atoms with van der Waals surface area (Å²) in [5.74, 6) is -0.788. The molecule has 0 amide bonds. The monoisotopic (exact) mass is 512 g/mol. The zero-order valence-corrected chi connectivity index (χ0v) is 20.0. The molecule has 7 nitrogen and oxygen atoms in total. The Bertz CT molecular complexity index is 884. The number of ether oxygens (including phenoxy) is 1. The molecule has 0 radical (unpaired) electrons. The molecule has 0 bridgehead atoms. The zero-order valence-electron chi connectivity index (χ0n) is 19.2. The van der Waals surface area contributed by atoms with Crippen molar-refractivity contribution in [1.82, 2.24) is 0 Å². The van der Waals surface area contributed by atoms with Gasteiger partial charge in [0.25, 0.3) is 0 Å². The summed E-state index contributed by atoms with van der Waals surface area (Å²) < 4.78 is 75.3. The third-order valence-electron chi connectivity index (χ3n) is 9.27. The highest BCUT2D eigenvalue weighted by atomic mass is 32.2. The molecule has 0 aromatic rings. The molecule has 8 unspecified atom stereocenters. The lowest BCUT2D eigenvalue weighted by molar-refractivity contribution is -0.158. The summed E-state index contributed by atoms with van der Waals surface area (Å²) in [6.07, 6.45) is 3.55. The lowest BCUT2D eigenvalue weighted by atomic mass is 9.56. The van der Waals surface area contributed by atoms with Crippen molar-refractivity contribution in [3.8, 4) is 0 Å². The van der Waals surface area contributed by atoms with Crippen molar-refractivity contribution >= 4 is 16.1 Å². The Morgan fingerprint density at radius 3 is 2.09 bits per heavy atom. The van der Waals surface area contributed by atoms with Gasteiger partial charge in [0, 0.05) is 6.42 Å². The molecule has 4 saturated carbocycles. The van der Waals surface area contributed by atoms with E-state index in [-0.39, 0.29) is 23.7 Å². The van der Waals surface area contributed by atoms with E-state index < -0.39 is 57.7 Å². The SMILES string of the molecule is O=C(OCCC(F)C(F)(F)S(=O)(=O)O)C1CCC2C(C1)C1CCCC1(O)CCC1(O)CCCC21. The Morgan fingerprint density at radius 2 is 1.53 bits per heavy atom. The fraction of sp³-hybridized carbons (Fsp3) is 0.957. The van der Waals surface area contributed by atoms with E-state index >= 15 is 0 Å². The molecule has 3 N–H and O–H groups in total. The number of aliphatic hydroxyl groups is 2. The van der Waals surface area contributed by atoms with Gasteiger partial charge in [0.15, 0.2) is 6.17 Å². The van der Waals surface area contributed by atoms with Crippen molar-refractivity contribution in [1.29, 1.82) is 0 Å². The fourth-order valence-electron chi connectivity index (χ4n) is 7.56.